The molecule has 3 amide bonds. The predicted molar refractivity (Wildman–Crippen MR) is 143 cm³/mol. The standard InChI is InChI=1S/C29H43FN4O4/c1-17(2)33-12-10-18(11-13-33)19-6-7-20(23(30)15-19)16-24(26(31)35)32-27(36)25-21-8-9-22(14-21)34(25)28(37)38-29(3,4)5/h6-7,15,17-18,21-22,24-25H,8-14,16H2,1-5H3,(H2,31,35)(H,32,36)/t21-,22+,24-,25-/m0/s1. The van der Waals surface area contributed by atoms with Crippen molar-refractivity contribution < 1.29 is 23.5 Å². The van der Waals surface area contributed by atoms with E-state index in [1.54, 1.807) is 32.9 Å². The maximum absolute atomic E-state index is 15.2. The fourth-order valence-electron chi connectivity index (χ4n) is 6.33. The first-order chi connectivity index (χ1) is 17.8. The molecular weight excluding hydrogens is 487 g/mol. The van der Waals surface area contributed by atoms with Gasteiger partial charge in [-0.2, -0.15) is 0 Å². The fourth-order valence-corrected chi connectivity index (χ4v) is 6.33. The summed E-state index contributed by atoms with van der Waals surface area (Å²) in [4.78, 5) is 42.5. The van der Waals surface area contributed by atoms with E-state index in [4.69, 9.17) is 10.5 Å². The van der Waals surface area contributed by atoms with Crippen molar-refractivity contribution in [1.29, 1.82) is 0 Å². The van der Waals surface area contributed by atoms with Crippen LogP contribution in [0.4, 0.5) is 9.18 Å². The van der Waals surface area contributed by atoms with Gasteiger partial charge >= 0.3 is 6.09 Å². The number of nitrogens with two attached hydrogens (primary N) is 1. The smallest absolute Gasteiger partial charge is 0.411 e. The van der Waals surface area contributed by atoms with Crippen molar-refractivity contribution in [3.8, 4) is 0 Å². The lowest BCUT2D eigenvalue weighted by Crippen LogP contribution is -2.57. The summed E-state index contributed by atoms with van der Waals surface area (Å²) in [5.41, 5.74) is 6.23. The zero-order valence-corrected chi connectivity index (χ0v) is 23.3. The molecule has 0 radical (unpaired) electrons. The molecule has 8 nitrogen and oxygen atoms in total. The Morgan fingerprint density at radius 1 is 1.13 bits per heavy atom. The zero-order chi connectivity index (χ0) is 27.8. The molecule has 2 aliphatic heterocycles. The summed E-state index contributed by atoms with van der Waals surface area (Å²) in [5, 5.41) is 2.72. The largest absolute Gasteiger partial charge is 0.444 e. The van der Waals surface area contributed by atoms with Gasteiger partial charge in [0.1, 0.15) is 23.5 Å². The number of ether oxygens (including phenoxy) is 1. The van der Waals surface area contributed by atoms with Crippen LogP contribution >= 0.6 is 0 Å². The minimum Gasteiger partial charge on any atom is -0.444 e. The number of carbonyl (C=O) groups is 3. The van der Waals surface area contributed by atoms with Gasteiger partial charge in [-0.15, -0.1) is 0 Å². The molecule has 0 aromatic heterocycles. The number of primary amides is 1. The van der Waals surface area contributed by atoms with Gasteiger partial charge in [-0.05, 0) is 109 Å². The first-order valence-corrected chi connectivity index (χ1v) is 14.0. The Hall–Kier alpha value is -2.68. The molecule has 4 rings (SSSR count). The van der Waals surface area contributed by atoms with Crippen LogP contribution in [-0.2, 0) is 20.7 Å². The van der Waals surface area contributed by atoms with Gasteiger partial charge in [-0.1, -0.05) is 12.1 Å². The molecule has 3 aliphatic rings. The highest BCUT2D eigenvalue weighted by atomic mass is 19.1. The number of nitrogens with zero attached hydrogens (tertiary/aromatic N) is 2. The first kappa shape index (κ1) is 28.3. The van der Waals surface area contributed by atoms with Crippen LogP contribution in [0.2, 0.25) is 0 Å². The summed E-state index contributed by atoms with van der Waals surface area (Å²) in [6, 6.07) is 3.82. The molecule has 3 fully saturated rings. The molecule has 0 spiro atoms. The summed E-state index contributed by atoms with van der Waals surface area (Å²) >= 11 is 0. The number of halogens is 1. The van der Waals surface area contributed by atoms with Crippen LogP contribution in [0.5, 0.6) is 0 Å². The molecule has 4 atom stereocenters. The van der Waals surface area contributed by atoms with Gasteiger partial charge in [0.05, 0.1) is 0 Å². The minimum absolute atomic E-state index is 0.000761. The van der Waals surface area contributed by atoms with E-state index < -0.39 is 41.4 Å². The molecule has 38 heavy (non-hydrogen) atoms. The van der Waals surface area contributed by atoms with E-state index in [0.717, 1.165) is 50.8 Å². The number of piperidine rings is 2. The Morgan fingerprint density at radius 2 is 1.82 bits per heavy atom. The molecule has 2 saturated heterocycles. The van der Waals surface area contributed by atoms with Crippen LogP contribution in [-0.4, -0.2) is 70.6 Å². The molecule has 2 heterocycles. The zero-order valence-electron chi connectivity index (χ0n) is 23.3. The predicted octanol–water partition coefficient (Wildman–Crippen LogP) is 3.71. The van der Waals surface area contributed by atoms with Crippen molar-refractivity contribution in [3.05, 3.63) is 35.1 Å². The lowest BCUT2D eigenvalue weighted by molar-refractivity contribution is -0.132. The first-order valence-electron chi connectivity index (χ1n) is 14.0. The molecule has 3 N–H and O–H groups in total. The Bertz CT molecular complexity index is 1050. The van der Waals surface area contributed by atoms with Crippen LogP contribution in [0.3, 0.4) is 0 Å². The quantitative estimate of drug-likeness (QED) is 0.559. The van der Waals surface area contributed by atoms with E-state index in [1.807, 2.05) is 6.07 Å². The molecule has 1 saturated carbocycles. The highest BCUT2D eigenvalue weighted by molar-refractivity contribution is 5.91. The van der Waals surface area contributed by atoms with Crippen LogP contribution in [0.25, 0.3) is 0 Å². The maximum atomic E-state index is 15.2. The van der Waals surface area contributed by atoms with Crippen LogP contribution in [0.1, 0.15) is 83.8 Å². The third-order valence-corrected chi connectivity index (χ3v) is 8.35. The van der Waals surface area contributed by atoms with Crippen molar-refractivity contribution in [2.75, 3.05) is 13.1 Å². The van der Waals surface area contributed by atoms with Gasteiger partial charge < -0.3 is 20.7 Å². The SMILES string of the molecule is CC(C)N1CCC(c2ccc(C[C@H](NC(=O)[C@@H]3[C@H]4CC[C@H](C4)N3C(=O)OC(C)(C)C)C(N)=O)c(F)c2)CC1. The van der Waals surface area contributed by atoms with Crippen molar-refractivity contribution in [1.82, 2.24) is 15.1 Å². The second-order valence-electron chi connectivity index (χ2n) is 12.5. The molecule has 0 unspecified atom stereocenters. The van der Waals surface area contributed by atoms with E-state index in [-0.39, 0.29) is 18.4 Å². The summed E-state index contributed by atoms with van der Waals surface area (Å²) < 4.78 is 20.7. The average Bonchev–Trinajstić information content (AvgIpc) is 3.45. The van der Waals surface area contributed by atoms with Crippen molar-refractivity contribution in [2.45, 2.75) is 109 Å². The monoisotopic (exact) mass is 530 g/mol. The number of rotatable bonds is 7. The molecular formula is C29H43FN4O4. The number of carbonyl (C=O) groups excluding carboxylic acids is 3. The van der Waals surface area contributed by atoms with E-state index in [1.165, 1.54) is 4.90 Å². The Kier molecular flexibility index (Phi) is 8.35. The van der Waals surface area contributed by atoms with Crippen molar-refractivity contribution in [3.63, 3.8) is 0 Å². The van der Waals surface area contributed by atoms with Crippen LogP contribution < -0.4 is 11.1 Å². The van der Waals surface area contributed by atoms with Gasteiger partial charge in [0.2, 0.25) is 11.8 Å². The van der Waals surface area contributed by atoms with Gasteiger partial charge in [0.15, 0.2) is 0 Å². The molecule has 1 aliphatic carbocycles. The number of nitrogens with one attached hydrogen (secondary N) is 1. The maximum Gasteiger partial charge on any atom is 0.411 e. The second-order valence-corrected chi connectivity index (χ2v) is 12.5. The molecule has 2 bridgehead atoms. The molecule has 210 valence electrons. The number of fused-ring (bicyclic) bond motifs is 2. The van der Waals surface area contributed by atoms with E-state index in [2.05, 4.69) is 24.1 Å². The minimum atomic E-state index is -1.09. The normalized spacial score (nSPS) is 25.0. The highest BCUT2D eigenvalue weighted by Gasteiger charge is 2.52. The second kappa shape index (κ2) is 11.2. The topological polar surface area (TPSA) is 105 Å². The third-order valence-electron chi connectivity index (χ3n) is 8.35. The summed E-state index contributed by atoms with van der Waals surface area (Å²) in [5.74, 6) is -1.28. The lowest BCUT2D eigenvalue weighted by Gasteiger charge is -2.36. The number of hydrogen-bond donors (Lipinski definition) is 2. The number of likely N-dealkylation sites (tertiary alicyclic amines) is 2. The number of amides is 3. The Labute approximate surface area is 225 Å². The Balaban J connectivity index is 1.42. The lowest BCUT2D eigenvalue weighted by atomic mass is 9.88. The van der Waals surface area contributed by atoms with E-state index in [0.29, 0.717) is 17.5 Å². The molecule has 9 heteroatoms. The van der Waals surface area contributed by atoms with E-state index >= 15 is 4.39 Å². The van der Waals surface area contributed by atoms with E-state index in [9.17, 15) is 14.4 Å². The molecule has 1 aromatic carbocycles. The van der Waals surface area contributed by atoms with Gasteiger partial charge in [0.25, 0.3) is 0 Å². The molecule has 1 aromatic rings. The number of benzene rings is 1. The fraction of sp³-hybridized carbons (Fsp3) is 0.690. The Morgan fingerprint density at radius 3 is 2.39 bits per heavy atom. The number of hydrogen-bond acceptors (Lipinski definition) is 5. The van der Waals surface area contributed by atoms with Gasteiger partial charge in [-0.3, -0.25) is 14.5 Å². The van der Waals surface area contributed by atoms with Crippen molar-refractivity contribution >= 4 is 17.9 Å². The third kappa shape index (κ3) is 6.30. The summed E-state index contributed by atoms with van der Waals surface area (Å²) in [7, 11) is 0. The van der Waals surface area contributed by atoms with Crippen LogP contribution in [0, 0.1) is 11.7 Å². The summed E-state index contributed by atoms with van der Waals surface area (Å²) in [6.07, 6.45) is 3.76. The average molecular weight is 531 g/mol. The summed E-state index contributed by atoms with van der Waals surface area (Å²) in [6.45, 7) is 11.7. The van der Waals surface area contributed by atoms with Gasteiger partial charge in [-0.25, -0.2) is 9.18 Å². The van der Waals surface area contributed by atoms with Crippen molar-refractivity contribution in [2.24, 2.45) is 11.7 Å². The highest BCUT2D eigenvalue weighted by Crippen LogP contribution is 2.43. The van der Waals surface area contributed by atoms with Gasteiger partial charge in [0, 0.05) is 18.5 Å². The van der Waals surface area contributed by atoms with Crippen LogP contribution in [0.15, 0.2) is 18.2 Å².